The van der Waals surface area contributed by atoms with Gasteiger partial charge in [0, 0.05) is 24.7 Å². The first-order chi connectivity index (χ1) is 16.6. The molecule has 3 unspecified atom stereocenters. The van der Waals surface area contributed by atoms with E-state index in [-0.39, 0.29) is 41.8 Å². The van der Waals surface area contributed by atoms with Gasteiger partial charge in [0.25, 0.3) is 5.56 Å². The maximum Gasteiger partial charge on any atom is 0.408 e. The first-order valence-electron chi connectivity index (χ1n) is 11.0. The van der Waals surface area contributed by atoms with Crippen molar-refractivity contribution >= 4 is 17.5 Å². The van der Waals surface area contributed by atoms with Crippen molar-refractivity contribution in [3.63, 3.8) is 0 Å². The number of Topliss-reactive ketones (excluding diaryl/α,β-unsaturated/α-hetero) is 1. The molecule has 0 radical (unpaired) electrons. The van der Waals surface area contributed by atoms with Gasteiger partial charge in [-0.3, -0.25) is 14.2 Å². The molecule has 1 aromatic carbocycles. The van der Waals surface area contributed by atoms with Gasteiger partial charge in [0.1, 0.15) is 17.6 Å². The lowest BCUT2D eigenvalue weighted by Gasteiger charge is -2.39. The van der Waals surface area contributed by atoms with Crippen LogP contribution >= 0.6 is 0 Å². The highest BCUT2D eigenvalue weighted by atomic mass is 19.4. The molecule has 5 rings (SSSR count). The smallest absolute Gasteiger partial charge is 0.408 e. The van der Waals surface area contributed by atoms with E-state index in [1.807, 2.05) is 4.90 Å². The van der Waals surface area contributed by atoms with E-state index in [9.17, 15) is 31.5 Å². The number of anilines is 2. The van der Waals surface area contributed by atoms with Crippen LogP contribution in [-0.4, -0.2) is 66.0 Å². The molecule has 0 saturated carbocycles. The van der Waals surface area contributed by atoms with Gasteiger partial charge in [-0.05, 0) is 37.1 Å². The van der Waals surface area contributed by atoms with Crippen molar-refractivity contribution in [3.8, 4) is 5.75 Å². The van der Waals surface area contributed by atoms with Crippen molar-refractivity contribution in [3.05, 3.63) is 46.2 Å². The molecular formula is C22H21F5N4O4. The highest BCUT2D eigenvalue weighted by Gasteiger charge is 2.48. The van der Waals surface area contributed by atoms with E-state index >= 15 is 0 Å². The fourth-order valence-electron chi connectivity index (χ4n) is 4.87. The second-order valence-electron chi connectivity index (χ2n) is 8.70. The van der Waals surface area contributed by atoms with Crippen LogP contribution in [0.15, 0.2) is 35.1 Å². The Morgan fingerprint density at radius 3 is 2.57 bits per heavy atom. The van der Waals surface area contributed by atoms with Gasteiger partial charge in [-0.25, -0.2) is 0 Å². The first kappa shape index (κ1) is 23.5. The number of aromatic nitrogens is 2. The third kappa shape index (κ3) is 4.56. The van der Waals surface area contributed by atoms with Gasteiger partial charge < -0.3 is 19.3 Å². The Labute approximate surface area is 195 Å². The molecule has 2 fully saturated rings. The molecule has 3 aliphatic rings. The Balaban J connectivity index is 1.47. The minimum atomic E-state index is -4.67. The molecule has 0 spiro atoms. The third-order valence-corrected chi connectivity index (χ3v) is 6.52. The van der Waals surface area contributed by atoms with E-state index in [0.717, 1.165) is 28.0 Å². The predicted octanol–water partition coefficient (Wildman–Crippen LogP) is 2.85. The summed E-state index contributed by atoms with van der Waals surface area (Å²) in [5.41, 5.74) is -0.488. The summed E-state index contributed by atoms with van der Waals surface area (Å²) >= 11 is 0. The summed E-state index contributed by atoms with van der Waals surface area (Å²) in [6, 6.07) is 3.94. The van der Waals surface area contributed by atoms with Crippen molar-refractivity contribution in [2.45, 2.75) is 50.4 Å². The van der Waals surface area contributed by atoms with E-state index in [4.69, 9.17) is 4.74 Å². The van der Waals surface area contributed by atoms with E-state index in [0.29, 0.717) is 13.2 Å². The third-order valence-electron chi connectivity index (χ3n) is 6.52. The molecule has 2 aromatic rings. The standard InChI is InChI=1S/C22H21F5N4O4/c23-20(24)35-14-3-1-12(2-4-14)16(32)10-31-17(22(25,26)27)5-6-29-19(33)8-18(28-21(29)31)30-9-15-7-13(30)11-34-15/h1-4,8,13,15,17,20H,5-7,9-11H2. The zero-order chi connectivity index (χ0) is 24.9. The van der Waals surface area contributed by atoms with Crippen LogP contribution in [0.25, 0.3) is 0 Å². The van der Waals surface area contributed by atoms with E-state index in [1.165, 1.54) is 18.2 Å². The maximum absolute atomic E-state index is 14.0. The number of hydrogen-bond donors (Lipinski definition) is 0. The minimum absolute atomic E-state index is 0.0113. The van der Waals surface area contributed by atoms with Crippen molar-refractivity contribution in [2.24, 2.45) is 0 Å². The molecule has 3 aliphatic heterocycles. The molecule has 0 amide bonds. The summed E-state index contributed by atoms with van der Waals surface area (Å²) in [6.07, 6.45) is -4.36. The van der Waals surface area contributed by atoms with E-state index in [1.54, 1.807) is 0 Å². The normalized spacial score (nSPS) is 23.7. The maximum atomic E-state index is 14.0. The molecule has 2 saturated heterocycles. The van der Waals surface area contributed by atoms with Gasteiger partial charge in [-0.2, -0.15) is 26.9 Å². The summed E-state index contributed by atoms with van der Waals surface area (Å²) in [5, 5.41) is 0. The number of morpholine rings is 1. The fraction of sp³-hybridized carbons (Fsp3) is 0.500. The highest BCUT2D eigenvalue weighted by Crippen LogP contribution is 2.36. The number of rotatable bonds is 6. The van der Waals surface area contributed by atoms with Crippen LogP contribution in [0.4, 0.5) is 33.7 Å². The lowest BCUT2D eigenvalue weighted by molar-refractivity contribution is -0.152. The summed E-state index contributed by atoms with van der Waals surface area (Å²) in [6.45, 7) is -3.02. The second kappa shape index (κ2) is 8.77. The minimum Gasteiger partial charge on any atom is -0.435 e. The molecule has 35 heavy (non-hydrogen) atoms. The number of halogens is 5. The van der Waals surface area contributed by atoms with Gasteiger partial charge in [0.2, 0.25) is 5.95 Å². The average molecular weight is 500 g/mol. The number of alkyl halides is 5. The number of ketones is 1. The van der Waals surface area contributed by atoms with Crippen LogP contribution in [0.2, 0.25) is 0 Å². The Morgan fingerprint density at radius 2 is 1.97 bits per heavy atom. The zero-order valence-electron chi connectivity index (χ0n) is 18.3. The summed E-state index contributed by atoms with van der Waals surface area (Å²) < 4.78 is 77.5. The van der Waals surface area contributed by atoms with Gasteiger partial charge >= 0.3 is 12.8 Å². The Bertz CT molecular complexity index is 1170. The van der Waals surface area contributed by atoms with Crippen molar-refractivity contribution in [1.82, 2.24) is 9.55 Å². The number of fused-ring (bicyclic) bond motifs is 3. The number of benzene rings is 1. The molecule has 13 heteroatoms. The van der Waals surface area contributed by atoms with Crippen LogP contribution in [0.1, 0.15) is 23.2 Å². The summed E-state index contributed by atoms with van der Waals surface area (Å²) in [5.74, 6) is -0.846. The topological polar surface area (TPSA) is 76.9 Å². The van der Waals surface area contributed by atoms with Crippen molar-refractivity contribution < 1.29 is 36.2 Å². The first-order valence-corrected chi connectivity index (χ1v) is 11.0. The fourth-order valence-corrected chi connectivity index (χ4v) is 4.87. The molecule has 4 heterocycles. The molecular weight excluding hydrogens is 479 g/mol. The lowest BCUT2D eigenvalue weighted by Crippen LogP contribution is -2.54. The average Bonchev–Trinajstić information content (AvgIpc) is 3.42. The van der Waals surface area contributed by atoms with Crippen LogP contribution in [-0.2, 0) is 11.3 Å². The van der Waals surface area contributed by atoms with Crippen molar-refractivity contribution in [2.75, 3.05) is 29.5 Å². The monoisotopic (exact) mass is 500 g/mol. The van der Waals surface area contributed by atoms with E-state index < -0.39 is 43.1 Å². The van der Waals surface area contributed by atoms with Crippen molar-refractivity contribution in [1.29, 1.82) is 0 Å². The molecule has 0 aliphatic carbocycles. The molecule has 1 aromatic heterocycles. The Hall–Kier alpha value is -3.22. The number of carbonyl (C=O) groups is 1. The Morgan fingerprint density at radius 1 is 1.23 bits per heavy atom. The molecule has 0 N–H and O–H groups in total. The number of ether oxygens (including phenoxy) is 2. The largest absolute Gasteiger partial charge is 0.435 e. The lowest BCUT2D eigenvalue weighted by atomic mass is 10.1. The Kier molecular flexibility index (Phi) is 5.90. The molecule has 2 bridgehead atoms. The molecule has 8 nitrogen and oxygen atoms in total. The van der Waals surface area contributed by atoms with Gasteiger partial charge in [0.15, 0.2) is 5.78 Å². The number of nitrogens with zero attached hydrogens (tertiary/aromatic N) is 4. The van der Waals surface area contributed by atoms with E-state index in [2.05, 4.69) is 9.72 Å². The second-order valence-corrected chi connectivity index (χ2v) is 8.70. The number of hydrogen-bond acceptors (Lipinski definition) is 7. The molecule has 188 valence electrons. The van der Waals surface area contributed by atoms with Gasteiger partial charge in [-0.1, -0.05) is 0 Å². The van der Waals surface area contributed by atoms with Gasteiger partial charge in [-0.15, -0.1) is 0 Å². The van der Waals surface area contributed by atoms with Crippen LogP contribution in [0.5, 0.6) is 5.75 Å². The SMILES string of the molecule is O=C(CN1c2nc(N3CC4CC3CO4)cc(=O)n2CCC1C(F)(F)F)c1ccc(OC(F)F)cc1. The highest BCUT2D eigenvalue weighted by molar-refractivity contribution is 5.99. The van der Waals surface area contributed by atoms with Crippen LogP contribution in [0.3, 0.4) is 0 Å². The molecule has 3 atom stereocenters. The summed E-state index contributed by atoms with van der Waals surface area (Å²) in [4.78, 5) is 32.8. The van der Waals surface area contributed by atoms with Crippen LogP contribution < -0.4 is 20.1 Å². The van der Waals surface area contributed by atoms with Gasteiger partial charge in [0.05, 0.1) is 25.3 Å². The predicted molar refractivity (Wildman–Crippen MR) is 113 cm³/mol. The van der Waals surface area contributed by atoms with Crippen LogP contribution in [0, 0.1) is 0 Å². The summed E-state index contributed by atoms with van der Waals surface area (Å²) in [7, 11) is 0. The number of carbonyl (C=O) groups excluding carboxylic acids is 1. The quantitative estimate of drug-likeness (QED) is 0.446. The zero-order valence-corrected chi connectivity index (χ0v) is 18.3.